The second-order valence-corrected chi connectivity index (χ2v) is 6.71. The normalized spacial score (nSPS) is 16.0. The highest BCUT2D eigenvalue weighted by Crippen LogP contribution is 2.30. The zero-order chi connectivity index (χ0) is 18.7. The largest absolute Gasteiger partial charge is 0.338 e. The molecule has 2 heterocycles. The van der Waals surface area contributed by atoms with Crippen LogP contribution in [0, 0.1) is 11.3 Å². The minimum atomic E-state index is -0.193. The lowest BCUT2D eigenvalue weighted by atomic mass is 9.90. The third-order valence-corrected chi connectivity index (χ3v) is 4.86. The monoisotopic (exact) mass is 350 g/mol. The van der Waals surface area contributed by atoms with Crippen molar-refractivity contribution < 1.29 is 4.79 Å². The van der Waals surface area contributed by atoms with Gasteiger partial charge in [0.2, 0.25) is 5.91 Å². The summed E-state index contributed by atoms with van der Waals surface area (Å²) in [6, 6.07) is 9.07. The first-order valence-electron chi connectivity index (χ1n) is 8.92. The van der Waals surface area contributed by atoms with Crippen molar-refractivity contribution in [1.29, 1.82) is 5.26 Å². The van der Waals surface area contributed by atoms with Gasteiger partial charge in [-0.15, -0.1) is 0 Å². The minimum Gasteiger partial charge on any atom is -0.338 e. The molecule has 0 aliphatic carbocycles. The predicted molar refractivity (Wildman–Crippen MR) is 98.4 cm³/mol. The standard InChI is InChI=1S/C20H22N4O2/c1-3-4-5-16-11-24(13(2)25)12-17-18(16)22-19(23-20(17)26)15-8-6-14(10-21)7-9-15/h6-9,16H,3-5,11-12H2,1-2H3,(H,22,23,26). The van der Waals surface area contributed by atoms with Crippen molar-refractivity contribution in [3.8, 4) is 17.5 Å². The van der Waals surface area contributed by atoms with Crippen LogP contribution in [0.4, 0.5) is 0 Å². The number of carbonyl (C=O) groups excluding carboxylic acids is 1. The molecule has 6 nitrogen and oxygen atoms in total. The molecule has 1 unspecified atom stereocenters. The molecule has 1 amide bonds. The molecule has 0 radical (unpaired) electrons. The van der Waals surface area contributed by atoms with Crippen molar-refractivity contribution >= 4 is 5.91 Å². The van der Waals surface area contributed by atoms with E-state index in [2.05, 4.69) is 18.0 Å². The molecule has 26 heavy (non-hydrogen) atoms. The Morgan fingerprint density at radius 1 is 1.38 bits per heavy atom. The maximum Gasteiger partial charge on any atom is 0.256 e. The summed E-state index contributed by atoms with van der Waals surface area (Å²) in [6.45, 7) is 4.57. The number of hydrogen-bond donors (Lipinski definition) is 1. The van der Waals surface area contributed by atoms with Gasteiger partial charge in [-0.05, 0) is 30.7 Å². The molecule has 0 bridgehead atoms. The highest BCUT2D eigenvalue weighted by molar-refractivity contribution is 5.73. The molecule has 0 saturated carbocycles. The summed E-state index contributed by atoms with van der Waals surface area (Å²) in [5, 5.41) is 8.93. The molecular weight excluding hydrogens is 328 g/mol. The van der Waals surface area contributed by atoms with Crippen LogP contribution in [-0.2, 0) is 11.3 Å². The molecule has 0 saturated heterocycles. The molecule has 0 fully saturated rings. The zero-order valence-corrected chi connectivity index (χ0v) is 15.1. The fourth-order valence-electron chi connectivity index (χ4n) is 3.37. The zero-order valence-electron chi connectivity index (χ0n) is 15.1. The van der Waals surface area contributed by atoms with Crippen LogP contribution < -0.4 is 5.56 Å². The second-order valence-electron chi connectivity index (χ2n) is 6.71. The Bertz CT molecular complexity index is 909. The first-order valence-corrected chi connectivity index (χ1v) is 8.92. The van der Waals surface area contributed by atoms with E-state index < -0.39 is 0 Å². The Morgan fingerprint density at radius 2 is 2.12 bits per heavy atom. The number of nitrogens with one attached hydrogen (secondary N) is 1. The number of benzene rings is 1. The number of fused-ring (bicyclic) bond motifs is 1. The van der Waals surface area contributed by atoms with Crippen molar-refractivity contribution in [2.24, 2.45) is 0 Å². The topological polar surface area (TPSA) is 89.8 Å². The van der Waals surface area contributed by atoms with Crippen molar-refractivity contribution in [3.05, 3.63) is 51.4 Å². The number of hydrogen-bond acceptors (Lipinski definition) is 4. The quantitative estimate of drug-likeness (QED) is 0.918. The minimum absolute atomic E-state index is 0.0206. The van der Waals surface area contributed by atoms with E-state index in [-0.39, 0.29) is 17.4 Å². The Kier molecular flexibility index (Phi) is 5.17. The molecule has 1 aromatic carbocycles. The van der Waals surface area contributed by atoms with Crippen molar-refractivity contribution in [2.45, 2.75) is 45.6 Å². The number of aromatic amines is 1. The highest BCUT2D eigenvalue weighted by Gasteiger charge is 2.30. The van der Waals surface area contributed by atoms with Gasteiger partial charge in [0.05, 0.1) is 29.4 Å². The molecule has 134 valence electrons. The fourth-order valence-corrected chi connectivity index (χ4v) is 3.37. The lowest BCUT2D eigenvalue weighted by Gasteiger charge is -2.33. The van der Waals surface area contributed by atoms with Crippen LogP contribution in [0.3, 0.4) is 0 Å². The molecule has 1 aromatic heterocycles. The number of nitrogens with zero attached hydrogens (tertiary/aromatic N) is 3. The van der Waals surface area contributed by atoms with Gasteiger partial charge in [0.25, 0.3) is 5.56 Å². The van der Waals surface area contributed by atoms with Gasteiger partial charge in [0.1, 0.15) is 5.82 Å². The molecular formula is C20H22N4O2. The first-order chi connectivity index (χ1) is 12.5. The van der Waals surface area contributed by atoms with Gasteiger partial charge in [-0.1, -0.05) is 19.8 Å². The van der Waals surface area contributed by atoms with Crippen LogP contribution in [-0.4, -0.2) is 27.3 Å². The fraction of sp³-hybridized carbons (Fsp3) is 0.400. The van der Waals surface area contributed by atoms with Gasteiger partial charge >= 0.3 is 0 Å². The number of H-pyrrole nitrogens is 1. The number of unbranched alkanes of at least 4 members (excludes halogenated alkanes) is 1. The Hall–Kier alpha value is -2.94. The summed E-state index contributed by atoms with van der Waals surface area (Å²) in [6.07, 6.45) is 2.98. The summed E-state index contributed by atoms with van der Waals surface area (Å²) < 4.78 is 0. The van der Waals surface area contributed by atoms with Crippen molar-refractivity contribution in [2.75, 3.05) is 6.54 Å². The predicted octanol–water partition coefficient (Wildman–Crippen LogP) is 2.94. The van der Waals surface area contributed by atoms with E-state index in [9.17, 15) is 9.59 Å². The van der Waals surface area contributed by atoms with Crippen LogP contribution >= 0.6 is 0 Å². The van der Waals surface area contributed by atoms with Crippen LogP contribution in [0.15, 0.2) is 29.1 Å². The SMILES string of the molecule is CCCCC1CN(C(C)=O)Cc2c1nc(-c1ccc(C#N)cc1)[nH]c2=O. The number of aromatic nitrogens is 2. The molecule has 1 aliphatic rings. The maximum absolute atomic E-state index is 12.7. The van der Waals surface area contributed by atoms with E-state index >= 15 is 0 Å². The van der Waals surface area contributed by atoms with Gasteiger partial charge in [-0.25, -0.2) is 4.98 Å². The lowest BCUT2D eigenvalue weighted by molar-refractivity contribution is -0.130. The maximum atomic E-state index is 12.7. The molecule has 0 spiro atoms. The van der Waals surface area contributed by atoms with E-state index in [1.165, 1.54) is 6.92 Å². The molecule has 1 N–H and O–H groups in total. The van der Waals surface area contributed by atoms with Crippen molar-refractivity contribution in [3.63, 3.8) is 0 Å². The molecule has 2 aromatic rings. The lowest BCUT2D eigenvalue weighted by Crippen LogP contribution is -2.40. The van der Waals surface area contributed by atoms with Crippen LogP contribution in [0.5, 0.6) is 0 Å². The van der Waals surface area contributed by atoms with Crippen LogP contribution in [0.1, 0.15) is 55.8 Å². The van der Waals surface area contributed by atoms with Gasteiger partial charge in [-0.3, -0.25) is 9.59 Å². The summed E-state index contributed by atoms with van der Waals surface area (Å²) >= 11 is 0. The number of carbonyl (C=O) groups is 1. The smallest absolute Gasteiger partial charge is 0.256 e. The summed E-state index contributed by atoms with van der Waals surface area (Å²) in [5.74, 6) is 0.561. The average molecular weight is 350 g/mol. The molecule has 1 aliphatic heterocycles. The molecule has 6 heteroatoms. The number of nitriles is 1. The molecule has 3 rings (SSSR count). The van der Waals surface area contributed by atoms with E-state index in [0.29, 0.717) is 30.0 Å². The first kappa shape index (κ1) is 17.9. The Morgan fingerprint density at radius 3 is 2.73 bits per heavy atom. The third kappa shape index (κ3) is 3.52. The van der Waals surface area contributed by atoms with Gasteiger partial charge in [-0.2, -0.15) is 5.26 Å². The van der Waals surface area contributed by atoms with E-state index in [4.69, 9.17) is 10.2 Å². The van der Waals surface area contributed by atoms with E-state index in [1.807, 2.05) is 0 Å². The van der Waals surface area contributed by atoms with Gasteiger partial charge in [0.15, 0.2) is 0 Å². The van der Waals surface area contributed by atoms with Gasteiger partial charge in [0, 0.05) is 24.9 Å². The van der Waals surface area contributed by atoms with Crippen LogP contribution in [0.2, 0.25) is 0 Å². The number of rotatable bonds is 4. The number of amides is 1. The summed E-state index contributed by atoms with van der Waals surface area (Å²) in [7, 11) is 0. The highest BCUT2D eigenvalue weighted by atomic mass is 16.2. The van der Waals surface area contributed by atoms with E-state index in [1.54, 1.807) is 29.2 Å². The Balaban J connectivity index is 2.04. The van der Waals surface area contributed by atoms with E-state index in [0.717, 1.165) is 30.5 Å². The van der Waals surface area contributed by atoms with Crippen LogP contribution in [0.25, 0.3) is 11.4 Å². The molecule has 1 atom stereocenters. The summed E-state index contributed by atoms with van der Waals surface area (Å²) in [5.41, 5.74) is 2.53. The third-order valence-electron chi connectivity index (χ3n) is 4.86. The second kappa shape index (κ2) is 7.52. The summed E-state index contributed by atoms with van der Waals surface area (Å²) in [4.78, 5) is 33.9. The van der Waals surface area contributed by atoms with Gasteiger partial charge < -0.3 is 9.88 Å². The average Bonchev–Trinajstić information content (AvgIpc) is 2.66. The Labute approximate surface area is 152 Å². The van der Waals surface area contributed by atoms with Crippen molar-refractivity contribution in [1.82, 2.24) is 14.9 Å².